The number of anilines is 2. The van der Waals surface area contributed by atoms with E-state index in [9.17, 15) is 0 Å². The Hall–Kier alpha value is -1.43. The van der Waals surface area contributed by atoms with Gasteiger partial charge < -0.3 is 9.80 Å². The normalized spacial score (nSPS) is 8.29. The van der Waals surface area contributed by atoms with Crippen LogP contribution < -0.4 is 9.80 Å². The zero-order valence-corrected chi connectivity index (χ0v) is 15.4. The standard InChI is InChI=1S/2C8H11N.2CH3.Al/c2*1-9(2)8-6-4-3-5-7-8;;;/h2*3-7H,1-2H3;2*1H3;/q;;;;+1. The number of para-hydroxylation sites is 2. The molecule has 0 radical (unpaired) electrons. The van der Waals surface area contributed by atoms with Gasteiger partial charge in [-0.2, -0.15) is 0 Å². The van der Waals surface area contributed by atoms with Crippen LogP contribution in [0.15, 0.2) is 60.7 Å². The van der Waals surface area contributed by atoms with Crippen molar-refractivity contribution < 1.29 is 0 Å². The van der Waals surface area contributed by atoms with Gasteiger partial charge in [0.2, 0.25) is 0 Å². The van der Waals surface area contributed by atoms with E-state index in [1.807, 2.05) is 64.6 Å². The fourth-order valence-electron chi connectivity index (χ4n) is 1.45. The summed E-state index contributed by atoms with van der Waals surface area (Å²) in [7, 11) is 8.15. The molecule has 2 aromatic rings. The number of hydrogen-bond acceptors (Lipinski definition) is 2. The van der Waals surface area contributed by atoms with Crippen LogP contribution in [0, 0.1) is 0 Å². The number of nitrogens with zero attached hydrogens (tertiary/aromatic N) is 2. The molecule has 2 rings (SSSR count). The SMILES string of the molecule is CN(C)c1ccccc1.CN(C)c1ccccc1.[CH3][Al+][CH3]. The molecule has 0 heterocycles. The fourth-order valence-corrected chi connectivity index (χ4v) is 1.45. The molecule has 0 aliphatic carbocycles. The molecule has 0 unspecified atom stereocenters. The third-order valence-corrected chi connectivity index (χ3v) is 2.55. The van der Waals surface area contributed by atoms with Crippen molar-refractivity contribution in [3.8, 4) is 0 Å². The first-order valence-electron chi connectivity index (χ1n) is 7.21. The summed E-state index contributed by atoms with van der Waals surface area (Å²) < 4.78 is 0. The van der Waals surface area contributed by atoms with Gasteiger partial charge in [0.05, 0.1) is 0 Å². The topological polar surface area (TPSA) is 6.48 Å². The van der Waals surface area contributed by atoms with Gasteiger partial charge in [0.15, 0.2) is 0 Å². The van der Waals surface area contributed by atoms with E-state index in [1.54, 1.807) is 0 Å². The van der Waals surface area contributed by atoms with E-state index in [0.717, 1.165) is 15.2 Å². The van der Waals surface area contributed by atoms with Crippen molar-refractivity contribution in [2.45, 2.75) is 11.6 Å². The van der Waals surface area contributed by atoms with Gasteiger partial charge in [-0.15, -0.1) is 0 Å². The van der Waals surface area contributed by atoms with E-state index in [0.29, 0.717) is 0 Å². The second-order valence-electron chi connectivity index (χ2n) is 5.04. The molecule has 0 fully saturated rings. The summed E-state index contributed by atoms with van der Waals surface area (Å²) in [5.41, 5.74) is 2.50. The Morgan fingerprint density at radius 1 is 0.571 bits per heavy atom. The molecule has 0 aliphatic rings. The Balaban J connectivity index is 0.000000322. The molecule has 21 heavy (non-hydrogen) atoms. The summed E-state index contributed by atoms with van der Waals surface area (Å²) in [6.07, 6.45) is 0. The van der Waals surface area contributed by atoms with Gasteiger partial charge in [0.1, 0.15) is 0 Å². The van der Waals surface area contributed by atoms with E-state index in [2.05, 4.69) is 45.6 Å². The fraction of sp³-hybridized carbons (Fsp3) is 0.333. The molecule has 2 aromatic carbocycles. The Labute approximate surface area is 137 Å². The minimum atomic E-state index is 0.750. The molecule has 0 saturated heterocycles. The third-order valence-electron chi connectivity index (χ3n) is 2.55. The van der Waals surface area contributed by atoms with Gasteiger partial charge in [-0.3, -0.25) is 0 Å². The number of benzene rings is 2. The van der Waals surface area contributed by atoms with E-state index >= 15 is 0 Å². The van der Waals surface area contributed by atoms with Crippen molar-refractivity contribution in [3.63, 3.8) is 0 Å². The summed E-state index contributed by atoms with van der Waals surface area (Å²) in [5.74, 6) is 4.42. The molecular formula is C18H28AlN2+. The van der Waals surface area contributed by atoms with Crippen LogP contribution in [0.4, 0.5) is 11.4 Å². The van der Waals surface area contributed by atoms with E-state index in [-0.39, 0.29) is 0 Å². The Morgan fingerprint density at radius 2 is 0.810 bits per heavy atom. The van der Waals surface area contributed by atoms with Crippen LogP contribution in [0.1, 0.15) is 0 Å². The van der Waals surface area contributed by atoms with Crippen molar-refractivity contribution in [2.75, 3.05) is 38.0 Å². The Bertz CT molecular complexity index is 398. The number of hydrogen-bond donors (Lipinski definition) is 0. The summed E-state index contributed by atoms with van der Waals surface area (Å²) in [6, 6.07) is 20.5. The van der Waals surface area contributed by atoms with Crippen LogP contribution in [0.5, 0.6) is 0 Å². The van der Waals surface area contributed by atoms with Crippen LogP contribution in [0.25, 0.3) is 0 Å². The second kappa shape index (κ2) is 12.3. The van der Waals surface area contributed by atoms with Crippen molar-refractivity contribution in [1.29, 1.82) is 0 Å². The van der Waals surface area contributed by atoms with Crippen LogP contribution in [0.2, 0.25) is 11.6 Å². The molecule has 0 aromatic heterocycles. The number of rotatable bonds is 2. The molecular weight excluding hydrogens is 271 g/mol. The van der Waals surface area contributed by atoms with Crippen LogP contribution in [-0.2, 0) is 0 Å². The van der Waals surface area contributed by atoms with Crippen molar-refractivity contribution in [1.82, 2.24) is 0 Å². The van der Waals surface area contributed by atoms with Crippen molar-refractivity contribution in [2.24, 2.45) is 0 Å². The van der Waals surface area contributed by atoms with E-state index in [1.165, 1.54) is 11.4 Å². The Kier molecular flexibility index (Phi) is 11.5. The molecule has 0 bridgehead atoms. The van der Waals surface area contributed by atoms with Gasteiger partial charge in [0.25, 0.3) is 0 Å². The maximum atomic E-state index is 2.21. The molecule has 112 valence electrons. The molecule has 0 saturated carbocycles. The molecule has 0 spiro atoms. The van der Waals surface area contributed by atoms with Crippen molar-refractivity contribution >= 4 is 26.6 Å². The van der Waals surface area contributed by atoms with E-state index in [4.69, 9.17) is 0 Å². The first-order chi connectivity index (χ1) is 10.0. The zero-order valence-electron chi connectivity index (χ0n) is 14.2. The summed E-state index contributed by atoms with van der Waals surface area (Å²) in [5, 5.41) is 0. The van der Waals surface area contributed by atoms with Gasteiger partial charge in [0, 0.05) is 39.6 Å². The van der Waals surface area contributed by atoms with Crippen LogP contribution in [0.3, 0.4) is 0 Å². The average Bonchev–Trinajstić information content (AvgIpc) is 2.50. The third kappa shape index (κ3) is 10.0. The van der Waals surface area contributed by atoms with E-state index < -0.39 is 0 Å². The Morgan fingerprint density at radius 3 is 0.952 bits per heavy atom. The molecule has 0 N–H and O–H groups in total. The maximum absolute atomic E-state index is 2.21. The predicted molar refractivity (Wildman–Crippen MR) is 99.0 cm³/mol. The molecule has 0 aliphatic heterocycles. The molecule has 0 atom stereocenters. The van der Waals surface area contributed by atoms with Crippen LogP contribution >= 0.6 is 0 Å². The summed E-state index contributed by atoms with van der Waals surface area (Å²) in [6.45, 7) is 0. The molecule has 0 amide bonds. The van der Waals surface area contributed by atoms with Gasteiger partial charge >= 0.3 is 26.8 Å². The first kappa shape index (κ1) is 19.6. The van der Waals surface area contributed by atoms with Gasteiger partial charge in [-0.05, 0) is 24.3 Å². The monoisotopic (exact) mass is 299 g/mol. The first-order valence-corrected chi connectivity index (χ1v) is 9.52. The molecule has 3 heteroatoms. The zero-order chi connectivity index (χ0) is 16.1. The van der Waals surface area contributed by atoms with Gasteiger partial charge in [-0.25, -0.2) is 0 Å². The molecule has 2 nitrogen and oxygen atoms in total. The predicted octanol–water partition coefficient (Wildman–Crippen LogP) is 4.29. The quantitative estimate of drug-likeness (QED) is 0.763. The minimum absolute atomic E-state index is 0.750. The van der Waals surface area contributed by atoms with Crippen molar-refractivity contribution in [3.05, 3.63) is 60.7 Å². The van der Waals surface area contributed by atoms with Crippen LogP contribution in [-0.4, -0.2) is 43.4 Å². The average molecular weight is 299 g/mol. The van der Waals surface area contributed by atoms with Gasteiger partial charge in [-0.1, -0.05) is 36.4 Å². The summed E-state index contributed by atoms with van der Waals surface area (Å²) >= 11 is 0.750. The summed E-state index contributed by atoms with van der Waals surface area (Å²) in [4.78, 5) is 4.17. The second-order valence-corrected chi connectivity index (χ2v) is 6.19.